The summed E-state index contributed by atoms with van der Waals surface area (Å²) in [5.41, 5.74) is 12.9. The van der Waals surface area contributed by atoms with E-state index in [-0.39, 0.29) is 27.7 Å². The molecule has 0 aliphatic carbocycles. The predicted molar refractivity (Wildman–Crippen MR) is 68.5 cm³/mol. The fourth-order valence-corrected chi connectivity index (χ4v) is 1.30. The summed E-state index contributed by atoms with van der Waals surface area (Å²) >= 11 is 6.79. The average molecular weight is 276 g/mol. The van der Waals surface area contributed by atoms with Gasteiger partial charge >= 0.3 is 5.91 Å². The third kappa shape index (κ3) is 3.19. The molecule has 8 nitrogen and oxygen atoms in total. The topological polar surface area (TPSA) is 145 Å². The highest BCUT2D eigenvalue weighted by Gasteiger charge is 2.15. The quantitative estimate of drug-likeness (QED) is 0.235. The molecule has 0 aliphatic rings. The van der Waals surface area contributed by atoms with Gasteiger partial charge in [-0.15, -0.1) is 0 Å². The molecule has 0 unspecified atom stereocenters. The maximum atomic E-state index is 11.7. The lowest BCUT2D eigenvalue weighted by Crippen LogP contribution is -2.28. The highest BCUT2D eigenvalue weighted by atomic mass is 35.5. The summed E-state index contributed by atoms with van der Waals surface area (Å²) in [5, 5.41) is 0.105. The van der Waals surface area contributed by atoms with Crippen LogP contribution in [0, 0.1) is 0 Å². The zero-order valence-electron chi connectivity index (χ0n) is 8.77. The zero-order valence-corrected chi connectivity index (χ0v) is 10.3. The minimum absolute atomic E-state index is 0.0493. The number of amides is 1. The Morgan fingerprint density at radius 1 is 1.41 bits per heavy atom. The van der Waals surface area contributed by atoms with E-state index in [4.69, 9.17) is 28.9 Å². The van der Waals surface area contributed by atoms with Crippen molar-refractivity contribution in [2.45, 2.75) is 0 Å². The Morgan fingerprint density at radius 3 is 2.59 bits per heavy atom. The van der Waals surface area contributed by atoms with Crippen LogP contribution in [-0.4, -0.2) is 27.3 Å². The fourth-order valence-electron chi connectivity index (χ4n) is 0.881. The van der Waals surface area contributed by atoms with Gasteiger partial charge in [-0.2, -0.15) is 4.99 Å². The first-order chi connectivity index (χ1) is 7.99. The number of carbonyl (C=O) groups excluding carboxylic acids is 1. The normalized spacial score (nSPS) is 11.4. The Hall–Kier alpha value is -1.58. The van der Waals surface area contributed by atoms with Crippen LogP contribution < -0.4 is 22.7 Å². The van der Waals surface area contributed by atoms with E-state index in [1.807, 2.05) is 0 Å². The van der Waals surface area contributed by atoms with Crippen LogP contribution in [0.5, 0.6) is 0 Å². The monoisotopic (exact) mass is 275 g/mol. The summed E-state index contributed by atoms with van der Waals surface area (Å²) in [5.74, 6) is 4.24. The molecule has 0 aromatic carbocycles. The van der Waals surface area contributed by atoms with Crippen molar-refractivity contribution in [3.05, 3.63) is 10.8 Å². The van der Waals surface area contributed by atoms with E-state index in [1.54, 1.807) is 6.26 Å². The first kappa shape index (κ1) is 13.5. The van der Waals surface area contributed by atoms with Gasteiger partial charge in [0.1, 0.15) is 0 Å². The highest BCUT2D eigenvalue weighted by Crippen LogP contribution is 2.18. The second-order valence-electron chi connectivity index (χ2n) is 2.70. The summed E-state index contributed by atoms with van der Waals surface area (Å²) < 4.78 is 0. The molecule has 0 aliphatic heterocycles. The molecular weight excluding hydrogens is 266 g/mol. The minimum Gasteiger partial charge on any atom is -0.382 e. The lowest BCUT2D eigenvalue weighted by molar-refractivity contribution is 0.0999. The molecule has 92 valence electrons. The summed E-state index contributed by atoms with van der Waals surface area (Å²) in [6.07, 6.45) is 1.69. The van der Waals surface area contributed by atoms with E-state index in [2.05, 4.69) is 20.4 Å². The molecule has 0 fully saturated rings. The summed E-state index contributed by atoms with van der Waals surface area (Å²) in [6, 6.07) is 0. The number of hydrogen-bond acceptors (Lipinski definition) is 7. The van der Waals surface area contributed by atoms with Crippen molar-refractivity contribution in [1.82, 2.24) is 15.4 Å². The number of amidine groups is 1. The van der Waals surface area contributed by atoms with Crippen molar-refractivity contribution >= 4 is 46.1 Å². The van der Waals surface area contributed by atoms with Gasteiger partial charge in [-0.3, -0.25) is 4.79 Å². The Morgan fingerprint density at radius 2 is 2.06 bits per heavy atom. The molecule has 1 aromatic rings. The van der Waals surface area contributed by atoms with Crippen molar-refractivity contribution in [2.24, 2.45) is 10.8 Å². The lowest BCUT2D eigenvalue weighted by atomic mass is 10.4. The molecule has 0 radical (unpaired) electrons. The standard InChI is InChI=1S/C7H10ClN7OS/c1-17-7(15-11)14-6(16)2-4(9)13-5(10)3(8)12-2/h11H2,1H3,(H4,9,10,13)(H,14,15,16). The number of anilines is 2. The fraction of sp³-hybridized carbons (Fsp3) is 0.143. The van der Waals surface area contributed by atoms with Gasteiger partial charge < -0.3 is 16.9 Å². The van der Waals surface area contributed by atoms with Crippen molar-refractivity contribution in [3.8, 4) is 0 Å². The molecule has 0 saturated heterocycles. The van der Waals surface area contributed by atoms with Crippen LogP contribution in [0.15, 0.2) is 4.99 Å². The second kappa shape index (κ2) is 5.66. The second-order valence-corrected chi connectivity index (χ2v) is 3.86. The van der Waals surface area contributed by atoms with E-state index >= 15 is 0 Å². The maximum absolute atomic E-state index is 11.7. The first-order valence-corrected chi connectivity index (χ1v) is 5.82. The Labute approximate surface area is 106 Å². The van der Waals surface area contributed by atoms with Gasteiger partial charge in [-0.1, -0.05) is 23.4 Å². The van der Waals surface area contributed by atoms with Gasteiger partial charge in [0, 0.05) is 0 Å². The number of aliphatic imine (C=N–C) groups is 1. The van der Waals surface area contributed by atoms with E-state index in [0.29, 0.717) is 0 Å². The van der Waals surface area contributed by atoms with Gasteiger partial charge in [-0.05, 0) is 6.26 Å². The van der Waals surface area contributed by atoms with Crippen LogP contribution in [0.4, 0.5) is 11.6 Å². The number of rotatable bonds is 1. The molecule has 0 saturated carbocycles. The SMILES string of the molecule is CS/C(=N\C(=O)c1nc(Cl)c(N)nc1N)NN. The van der Waals surface area contributed by atoms with Crippen LogP contribution in [0.2, 0.25) is 5.15 Å². The van der Waals surface area contributed by atoms with Gasteiger partial charge in [0.2, 0.25) is 0 Å². The molecule has 17 heavy (non-hydrogen) atoms. The Kier molecular flexibility index (Phi) is 4.49. The summed E-state index contributed by atoms with van der Waals surface area (Å²) in [7, 11) is 0. The van der Waals surface area contributed by atoms with Crippen LogP contribution in [0.1, 0.15) is 10.5 Å². The van der Waals surface area contributed by atoms with Gasteiger partial charge in [0.05, 0.1) is 0 Å². The molecule has 1 aromatic heterocycles. The van der Waals surface area contributed by atoms with Crippen LogP contribution in [0.3, 0.4) is 0 Å². The first-order valence-electron chi connectivity index (χ1n) is 4.21. The van der Waals surface area contributed by atoms with Crippen molar-refractivity contribution < 1.29 is 4.79 Å². The summed E-state index contributed by atoms with van der Waals surface area (Å²) in [4.78, 5) is 22.7. The molecule has 1 rings (SSSR count). The van der Waals surface area contributed by atoms with E-state index < -0.39 is 5.91 Å². The molecule has 1 amide bonds. The molecule has 0 bridgehead atoms. The number of nitrogens with zero attached hydrogens (tertiary/aromatic N) is 3. The molecule has 10 heteroatoms. The van der Waals surface area contributed by atoms with Gasteiger partial charge in [0.25, 0.3) is 0 Å². The van der Waals surface area contributed by atoms with Gasteiger partial charge in [0.15, 0.2) is 27.7 Å². The number of carbonyl (C=O) groups is 1. The van der Waals surface area contributed by atoms with Crippen molar-refractivity contribution in [3.63, 3.8) is 0 Å². The minimum atomic E-state index is -0.709. The van der Waals surface area contributed by atoms with Crippen LogP contribution in [0.25, 0.3) is 0 Å². The molecule has 0 spiro atoms. The number of hydrazine groups is 1. The largest absolute Gasteiger partial charge is 0.382 e. The molecule has 0 atom stereocenters. The third-order valence-corrected chi connectivity index (χ3v) is 2.50. The zero-order chi connectivity index (χ0) is 13.0. The van der Waals surface area contributed by atoms with E-state index in [1.165, 1.54) is 0 Å². The van der Waals surface area contributed by atoms with Crippen molar-refractivity contribution in [1.29, 1.82) is 0 Å². The number of nitrogens with two attached hydrogens (primary N) is 3. The van der Waals surface area contributed by atoms with Crippen LogP contribution in [-0.2, 0) is 0 Å². The number of thioether (sulfide) groups is 1. The molecule has 1 heterocycles. The van der Waals surface area contributed by atoms with Crippen molar-refractivity contribution in [2.75, 3.05) is 17.7 Å². The highest BCUT2D eigenvalue weighted by molar-refractivity contribution is 8.13. The van der Waals surface area contributed by atoms with E-state index in [0.717, 1.165) is 11.8 Å². The lowest BCUT2D eigenvalue weighted by Gasteiger charge is -2.04. The van der Waals surface area contributed by atoms with Crippen LogP contribution >= 0.6 is 23.4 Å². The third-order valence-electron chi connectivity index (χ3n) is 1.63. The Bertz CT molecular complexity index is 472. The number of halogens is 1. The molecule has 7 N–H and O–H groups in total. The predicted octanol–water partition coefficient (Wildman–Crippen LogP) is -0.383. The smallest absolute Gasteiger partial charge is 0.301 e. The number of nitrogens with one attached hydrogen (secondary N) is 1. The Balaban J connectivity index is 3.13. The maximum Gasteiger partial charge on any atom is 0.301 e. The van der Waals surface area contributed by atoms with Gasteiger partial charge in [-0.25, -0.2) is 15.8 Å². The van der Waals surface area contributed by atoms with E-state index in [9.17, 15) is 4.79 Å². The number of aromatic nitrogens is 2. The number of nitrogen functional groups attached to an aromatic ring is 2. The summed E-state index contributed by atoms with van der Waals surface area (Å²) in [6.45, 7) is 0. The number of hydrogen-bond donors (Lipinski definition) is 4. The average Bonchev–Trinajstić information content (AvgIpc) is 2.30. The molecular formula is C7H10ClN7OS.